The molecule has 0 aliphatic carbocycles. The van der Waals surface area contributed by atoms with Crippen molar-refractivity contribution < 1.29 is 9.21 Å². The Labute approximate surface area is 102 Å². The summed E-state index contributed by atoms with van der Waals surface area (Å²) in [6.45, 7) is 6.85. The van der Waals surface area contributed by atoms with Gasteiger partial charge in [0.15, 0.2) is 0 Å². The zero-order chi connectivity index (χ0) is 12.7. The maximum Gasteiger partial charge on any atom is 0.268 e. The van der Waals surface area contributed by atoms with Crippen LogP contribution in [0.1, 0.15) is 42.8 Å². The lowest BCUT2D eigenvalue weighted by Gasteiger charge is -2.19. The van der Waals surface area contributed by atoms with E-state index in [4.69, 9.17) is 10.3 Å². The van der Waals surface area contributed by atoms with Gasteiger partial charge in [0, 0.05) is 0 Å². The predicted octanol–water partition coefficient (Wildman–Crippen LogP) is 1.51. The molecule has 0 atom stereocenters. The number of carbonyl (C=O) groups is 1. The summed E-state index contributed by atoms with van der Waals surface area (Å²) in [6, 6.07) is 1.64. The quantitative estimate of drug-likeness (QED) is 0.430. The number of nitrogens with one attached hydrogen (secondary N) is 1. The minimum atomic E-state index is -0.305. The summed E-state index contributed by atoms with van der Waals surface area (Å²) in [7, 11) is 0. The molecule has 1 heterocycles. The molecule has 0 spiro atoms. The monoisotopic (exact) mass is 239 g/mol. The Balaban J connectivity index is 2.66. The van der Waals surface area contributed by atoms with Crippen LogP contribution in [0.3, 0.4) is 0 Å². The van der Waals surface area contributed by atoms with Crippen molar-refractivity contribution >= 4 is 5.91 Å². The van der Waals surface area contributed by atoms with Gasteiger partial charge >= 0.3 is 0 Å². The SMILES string of the molecule is CCCCN(CC)Cc1occc1C(=O)NN. The average molecular weight is 239 g/mol. The first kappa shape index (κ1) is 13.7. The van der Waals surface area contributed by atoms with Gasteiger partial charge in [-0.25, -0.2) is 5.84 Å². The molecule has 5 nitrogen and oxygen atoms in total. The topological polar surface area (TPSA) is 71.5 Å². The Morgan fingerprint density at radius 2 is 2.29 bits per heavy atom. The fourth-order valence-electron chi connectivity index (χ4n) is 1.68. The fraction of sp³-hybridized carbons (Fsp3) is 0.583. The molecular formula is C12H21N3O2. The zero-order valence-corrected chi connectivity index (χ0v) is 10.5. The molecule has 1 amide bonds. The van der Waals surface area contributed by atoms with Crippen molar-refractivity contribution in [1.29, 1.82) is 0 Å². The fourth-order valence-corrected chi connectivity index (χ4v) is 1.68. The molecule has 0 saturated carbocycles. The van der Waals surface area contributed by atoms with E-state index in [1.165, 1.54) is 6.26 Å². The highest BCUT2D eigenvalue weighted by atomic mass is 16.3. The van der Waals surface area contributed by atoms with Gasteiger partial charge in [-0.2, -0.15) is 0 Å². The van der Waals surface area contributed by atoms with Crippen LogP contribution in [0.2, 0.25) is 0 Å². The van der Waals surface area contributed by atoms with E-state index in [9.17, 15) is 4.79 Å². The lowest BCUT2D eigenvalue weighted by atomic mass is 10.2. The Morgan fingerprint density at radius 3 is 2.88 bits per heavy atom. The van der Waals surface area contributed by atoms with Gasteiger partial charge in [-0.15, -0.1) is 0 Å². The average Bonchev–Trinajstić information content (AvgIpc) is 2.81. The first-order chi connectivity index (χ1) is 8.22. The normalized spacial score (nSPS) is 10.8. The van der Waals surface area contributed by atoms with Crippen molar-refractivity contribution in [3.05, 3.63) is 23.7 Å². The first-order valence-electron chi connectivity index (χ1n) is 6.02. The van der Waals surface area contributed by atoms with E-state index in [0.29, 0.717) is 17.9 Å². The van der Waals surface area contributed by atoms with E-state index in [0.717, 1.165) is 25.9 Å². The lowest BCUT2D eigenvalue weighted by molar-refractivity contribution is 0.0950. The van der Waals surface area contributed by atoms with Crippen LogP contribution in [0.4, 0.5) is 0 Å². The molecule has 5 heteroatoms. The standard InChI is InChI=1S/C12H21N3O2/c1-3-5-7-15(4-2)9-11-10(6-8-17-11)12(16)14-13/h6,8H,3-5,7,9,13H2,1-2H3,(H,14,16). The third-order valence-corrected chi connectivity index (χ3v) is 2.76. The third kappa shape index (κ3) is 3.87. The minimum absolute atomic E-state index is 0.305. The number of nitrogen functional groups attached to an aromatic ring is 1. The molecule has 0 aliphatic rings. The smallest absolute Gasteiger partial charge is 0.268 e. The number of hydrogen-bond acceptors (Lipinski definition) is 4. The van der Waals surface area contributed by atoms with Gasteiger partial charge in [-0.1, -0.05) is 20.3 Å². The van der Waals surface area contributed by atoms with Crippen molar-refractivity contribution in [3.8, 4) is 0 Å². The highest BCUT2D eigenvalue weighted by Crippen LogP contribution is 2.13. The van der Waals surface area contributed by atoms with E-state index in [1.807, 2.05) is 0 Å². The van der Waals surface area contributed by atoms with E-state index in [1.54, 1.807) is 6.07 Å². The van der Waals surface area contributed by atoms with Gasteiger partial charge in [0.1, 0.15) is 5.76 Å². The van der Waals surface area contributed by atoms with Crippen molar-refractivity contribution in [2.75, 3.05) is 13.1 Å². The van der Waals surface area contributed by atoms with Gasteiger partial charge < -0.3 is 4.42 Å². The number of hydrazine groups is 1. The second-order valence-electron chi connectivity index (χ2n) is 3.95. The molecular weight excluding hydrogens is 218 g/mol. The molecule has 0 bridgehead atoms. The molecule has 1 rings (SSSR count). The summed E-state index contributed by atoms with van der Waals surface area (Å²) in [6.07, 6.45) is 3.82. The first-order valence-corrected chi connectivity index (χ1v) is 6.02. The van der Waals surface area contributed by atoms with Crippen molar-refractivity contribution in [1.82, 2.24) is 10.3 Å². The molecule has 0 saturated heterocycles. The van der Waals surface area contributed by atoms with Crippen LogP contribution in [0.25, 0.3) is 0 Å². The summed E-state index contributed by atoms with van der Waals surface area (Å²) < 4.78 is 5.34. The van der Waals surface area contributed by atoms with Crippen LogP contribution in [0.15, 0.2) is 16.7 Å². The minimum Gasteiger partial charge on any atom is -0.467 e. The van der Waals surface area contributed by atoms with Crippen LogP contribution in [0.5, 0.6) is 0 Å². The van der Waals surface area contributed by atoms with Crippen LogP contribution >= 0.6 is 0 Å². The molecule has 17 heavy (non-hydrogen) atoms. The Bertz CT molecular complexity index is 349. The molecule has 96 valence electrons. The highest BCUT2D eigenvalue weighted by Gasteiger charge is 2.15. The third-order valence-electron chi connectivity index (χ3n) is 2.76. The number of nitrogens with two attached hydrogens (primary N) is 1. The van der Waals surface area contributed by atoms with Crippen LogP contribution < -0.4 is 11.3 Å². The highest BCUT2D eigenvalue weighted by molar-refractivity contribution is 5.94. The number of hydrogen-bond donors (Lipinski definition) is 2. The summed E-state index contributed by atoms with van der Waals surface area (Å²) >= 11 is 0. The second kappa shape index (κ2) is 7.09. The maximum atomic E-state index is 11.5. The molecule has 0 radical (unpaired) electrons. The lowest BCUT2D eigenvalue weighted by Crippen LogP contribution is -2.31. The zero-order valence-electron chi connectivity index (χ0n) is 10.5. The van der Waals surface area contributed by atoms with E-state index < -0.39 is 0 Å². The molecule has 1 aromatic heterocycles. The Morgan fingerprint density at radius 1 is 1.53 bits per heavy atom. The van der Waals surface area contributed by atoms with Gasteiger partial charge in [0.05, 0.1) is 18.4 Å². The Hall–Kier alpha value is -1.33. The summed E-state index contributed by atoms with van der Waals surface area (Å²) in [5.74, 6) is 5.49. The summed E-state index contributed by atoms with van der Waals surface area (Å²) in [4.78, 5) is 13.7. The van der Waals surface area contributed by atoms with E-state index in [2.05, 4.69) is 24.2 Å². The van der Waals surface area contributed by atoms with Crippen molar-refractivity contribution in [2.24, 2.45) is 5.84 Å². The molecule has 0 aliphatic heterocycles. The van der Waals surface area contributed by atoms with Crippen molar-refractivity contribution in [2.45, 2.75) is 33.2 Å². The largest absolute Gasteiger partial charge is 0.467 e. The van der Waals surface area contributed by atoms with E-state index in [-0.39, 0.29) is 5.91 Å². The summed E-state index contributed by atoms with van der Waals surface area (Å²) in [5.41, 5.74) is 2.64. The second-order valence-corrected chi connectivity index (χ2v) is 3.95. The maximum absolute atomic E-state index is 11.5. The molecule has 0 fully saturated rings. The molecule has 3 N–H and O–H groups in total. The Kier molecular flexibility index (Phi) is 5.72. The summed E-state index contributed by atoms with van der Waals surface area (Å²) in [5, 5.41) is 0. The van der Waals surface area contributed by atoms with Crippen LogP contribution in [0, 0.1) is 0 Å². The number of nitrogens with zero attached hydrogens (tertiary/aromatic N) is 1. The van der Waals surface area contributed by atoms with E-state index >= 15 is 0 Å². The number of rotatable bonds is 7. The van der Waals surface area contributed by atoms with Crippen LogP contribution in [-0.4, -0.2) is 23.9 Å². The molecule has 1 aromatic rings. The van der Waals surface area contributed by atoms with Crippen molar-refractivity contribution in [3.63, 3.8) is 0 Å². The van der Waals surface area contributed by atoms with Gasteiger partial charge in [0.25, 0.3) is 5.91 Å². The number of furan rings is 1. The number of amides is 1. The number of carbonyl (C=O) groups excluding carboxylic acids is 1. The predicted molar refractivity (Wildman–Crippen MR) is 66.2 cm³/mol. The number of unbranched alkanes of at least 4 members (excludes halogenated alkanes) is 1. The molecule has 0 unspecified atom stereocenters. The van der Waals surface area contributed by atoms with Gasteiger partial charge in [0.2, 0.25) is 0 Å². The van der Waals surface area contributed by atoms with Gasteiger partial charge in [-0.05, 0) is 25.6 Å². The van der Waals surface area contributed by atoms with Crippen LogP contribution in [-0.2, 0) is 6.54 Å². The molecule has 0 aromatic carbocycles. The van der Waals surface area contributed by atoms with Gasteiger partial charge in [-0.3, -0.25) is 15.1 Å².